The summed E-state index contributed by atoms with van der Waals surface area (Å²) in [5, 5.41) is 18.9. The van der Waals surface area contributed by atoms with E-state index in [-0.39, 0.29) is 31.4 Å². The summed E-state index contributed by atoms with van der Waals surface area (Å²) >= 11 is 6.34. The lowest BCUT2D eigenvalue weighted by atomic mass is 9.95. The fraction of sp³-hybridized carbons (Fsp3) is 0.440. The first-order valence-electron chi connectivity index (χ1n) is 12.0. The molecule has 186 valence electrons. The van der Waals surface area contributed by atoms with Gasteiger partial charge in [-0.05, 0) is 48.7 Å². The molecule has 0 saturated carbocycles. The molecule has 3 aliphatic rings. The van der Waals surface area contributed by atoms with Gasteiger partial charge in [-0.1, -0.05) is 11.6 Å². The van der Waals surface area contributed by atoms with Gasteiger partial charge in [-0.25, -0.2) is 13.8 Å². The van der Waals surface area contributed by atoms with Crippen LogP contribution in [0.15, 0.2) is 30.3 Å². The van der Waals surface area contributed by atoms with Gasteiger partial charge < -0.3 is 9.64 Å². The van der Waals surface area contributed by atoms with Crippen LogP contribution in [0.1, 0.15) is 41.7 Å². The molecule has 8 nitrogen and oxygen atoms in total. The van der Waals surface area contributed by atoms with E-state index in [9.17, 15) is 8.78 Å². The highest BCUT2D eigenvalue weighted by atomic mass is 35.5. The Hall–Kier alpha value is -3.13. The highest BCUT2D eigenvalue weighted by molar-refractivity contribution is 6.30. The van der Waals surface area contributed by atoms with Crippen LogP contribution < -0.4 is 4.90 Å². The van der Waals surface area contributed by atoms with Gasteiger partial charge >= 0.3 is 0 Å². The van der Waals surface area contributed by atoms with E-state index in [1.165, 1.54) is 6.07 Å². The first kappa shape index (κ1) is 23.3. The number of nitrogens with zero attached hydrogens (tertiary/aromatic N) is 7. The van der Waals surface area contributed by atoms with Crippen LogP contribution in [0.2, 0.25) is 5.02 Å². The standard InChI is InChI=1S/C25H24ClF2N7O/c26-18-1-3-21-17(9-18)11-33(13-25(28)14-36-15-25)12-23-31-32-24(35(21)23)16-5-7-34(8-6-16)22-4-2-19(27)20(10-29)30-22/h1-4,9,16H,5-8,11-15H2. The number of hydrogen-bond donors (Lipinski definition) is 0. The summed E-state index contributed by atoms with van der Waals surface area (Å²) in [6.45, 7) is 2.90. The summed E-state index contributed by atoms with van der Waals surface area (Å²) in [7, 11) is 0. The highest BCUT2D eigenvalue weighted by Gasteiger charge is 2.41. The smallest absolute Gasteiger partial charge is 0.178 e. The molecule has 3 aliphatic heterocycles. The third kappa shape index (κ3) is 4.21. The van der Waals surface area contributed by atoms with E-state index in [4.69, 9.17) is 21.6 Å². The van der Waals surface area contributed by atoms with Crippen molar-refractivity contribution in [1.82, 2.24) is 24.6 Å². The zero-order valence-electron chi connectivity index (χ0n) is 19.5. The number of alkyl halides is 1. The van der Waals surface area contributed by atoms with Gasteiger partial charge in [0.2, 0.25) is 0 Å². The van der Waals surface area contributed by atoms with Crippen molar-refractivity contribution >= 4 is 17.4 Å². The van der Waals surface area contributed by atoms with Crippen LogP contribution in [0.4, 0.5) is 14.6 Å². The van der Waals surface area contributed by atoms with Crippen LogP contribution >= 0.6 is 11.6 Å². The lowest BCUT2D eigenvalue weighted by molar-refractivity contribution is -0.142. The van der Waals surface area contributed by atoms with E-state index in [0.29, 0.717) is 37.0 Å². The molecule has 0 unspecified atom stereocenters. The van der Waals surface area contributed by atoms with Crippen LogP contribution in [0.3, 0.4) is 0 Å². The van der Waals surface area contributed by atoms with Gasteiger partial charge in [0, 0.05) is 37.1 Å². The van der Waals surface area contributed by atoms with Crippen LogP contribution in [0.25, 0.3) is 5.69 Å². The molecule has 0 bridgehead atoms. The van der Waals surface area contributed by atoms with E-state index in [1.54, 1.807) is 12.1 Å². The van der Waals surface area contributed by atoms with Crippen molar-refractivity contribution in [1.29, 1.82) is 5.26 Å². The molecular weight excluding hydrogens is 488 g/mol. The maximum Gasteiger partial charge on any atom is 0.178 e. The average molecular weight is 512 g/mol. The second-order valence-corrected chi connectivity index (χ2v) is 10.2. The molecule has 2 fully saturated rings. The Balaban J connectivity index is 1.27. The first-order valence-corrected chi connectivity index (χ1v) is 12.3. The molecule has 36 heavy (non-hydrogen) atoms. The molecule has 0 aliphatic carbocycles. The molecule has 2 saturated heterocycles. The van der Waals surface area contributed by atoms with Gasteiger partial charge in [-0.2, -0.15) is 5.26 Å². The van der Waals surface area contributed by atoms with Crippen LogP contribution in [0, 0.1) is 17.1 Å². The third-order valence-corrected chi connectivity index (χ3v) is 7.38. The number of hydrogen-bond acceptors (Lipinski definition) is 7. The highest BCUT2D eigenvalue weighted by Crippen LogP contribution is 2.35. The predicted octanol–water partition coefficient (Wildman–Crippen LogP) is 3.76. The summed E-state index contributed by atoms with van der Waals surface area (Å²) in [5.74, 6) is 1.79. The third-order valence-electron chi connectivity index (χ3n) is 7.15. The molecule has 1 aromatic carbocycles. The second-order valence-electron chi connectivity index (χ2n) is 9.74. The van der Waals surface area contributed by atoms with E-state index in [0.717, 1.165) is 35.7 Å². The maximum absolute atomic E-state index is 14.9. The molecule has 0 spiro atoms. The zero-order chi connectivity index (χ0) is 24.9. The Morgan fingerprint density at radius 2 is 1.94 bits per heavy atom. The molecule has 0 amide bonds. The number of rotatable bonds is 4. The predicted molar refractivity (Wildman–Crippen MR) is 128 cm³/mol. The summed E-state index contributed by atoms with van der Waals surface area (Å²) in [5.41, 5.74) is 0.434. The molecule has 0 atom stereocenters. The summed E-state index contributed by atoms with van der Waals surface area (Å²) < 4.78 is 35.8. The van der Waals surface area contributed by atoms with Gasteiger partial charge in [-0.3, -0.25) is 9.47 Å². The Morgan fingerprint density at radius 3 is 2.67 bits per heavy atom. The molecule has 0 N–H and O–H groups in total. The largest absolute Gasteiger partial charge is 0.375 e. The topological polar surface area (TPSA) is 83.1 Å². The number of fused-ring (bicyclic) bond motifs is 3. The summed E-state index contributed by atoms with van der Waals surface area (Å²) in [6.07, 6.45) is 1.60. The minimum Gasteiger partial charge on any atom is -0.375 e. The fourth-order valence-electron chi connectivity index (χ4n) is 5.34. The summed E-state index contributed by atoms with van der Waals surface area (Å²) in [6, 6.07) is 10.5. The molecule has 11 heteroatoms. The quantitative estimate of drug-likeness (QED) is 0.527. The van der Waals surface area contributed by atoms with Gasteiger partial charge in [0.15, 0.2) is 23.0 Å². The van der Waals surface area contributed by atoms with Crippen LogP contribution in [-0.2, 0) is 17.8 Å². The molecule has 3 aromatic rings. The van der Waals surface area contributed by atoms with Gasteiger partial charge in [0.1, 0.15) is 17.7 Å². The monoisotopic (exact) mass is 511 g/mol. The Bertz CT molecular complexity index is 1340. The Morgan fingerprint density at radius 1 is 1.14 bits per heavy atom. The molecule has 5 heterocycles. The SMILES string of the molecule is N#Cc1nc(N2CCC(c3nnc4n3-c3ccc(Cl)cc3CN(CC3(F)COC3)C4)CC2)ccc1F. The normalized spacial score (nSPS) is 19.7. The Labute approximate surface area is 212 Å². The molecule has 6 rings (SSSR count). The van der Waals surface area contributed by atoms with Crippen molar-refractivity contribution in [2.24, 2.45) is 0 Å². The number of anilines is 1. The van der Waals surface area contributed by atoms with Crippen LogP contribution in [-0.4, -0.2) is 63.2 Å². The van der Waals surface area contributed by atoms with Crippen molar-refractivity contribution in [2.75, 3.05) is 37.7 Å². The van der Waals surface area contributed by atoms with Crippen molar-refractivity contribution in [2.45, 2.75) is 37.5 Å². The minimum absolute atomic E-state index is 0.112. The number of nitriles is 1. The maximum atomic E-state index is 14.9. The first-order chi connectivity index (χ1) is 17.4. The second kappa shape index (κ2) is 9.07. The van der Waals surface area contributed by atoms with E-state index in [1.807, 2.05) is 23.1 Å². The molecule has 2 aromatic heterocycles. The van der Waals surface area contributed by atoms with Crippen molar-refractivity contribution in [3.63, 3.8) is 0 Å². The molecular formula is C25H24ClF2N7O. The van der Waals surface area contributed by atoms with Crippen molar-refractivity contribution < 1.29 is 13.5 Å². The van der Waals surface area contributed by atoms with Gasteiger partial charge in [0.05, 0.1) is 25.4 Å². The number of halogens is 3. The number of ether oxygens (including phenoxy) is 1. The lowest BCUT2D eigenvalue weighted by Crippen LogP contribution is -2.53. The van der Waals surface area contributed by atoms with E-state index >= 15 is 0 Å². The number of pyridine rings is 1. The molecule has 0 radical (unpaired) electrons. The Kier molecular flexibility index (Phi) is 5.86. The number of piperidine rings is 1. The van der Waals surface area contributed by atoms with Crippen molar-refractivity contribution in [3.05, 3.63) is 64.1 Å². The van der Waals surface area contributed by atoms with Gasteiger partial charge in [0.25, 0.3) is 0 Å². The van der Waals surface area contributed by atoms with Gasteiger partial charge in [-0.15, -0.1) is 10.2 Å². The van der Waals surface area contributed by atoms with E-state index < -0.39 is 11.5 Å². The number of benzene rings is 1. The minimum atomic E-state index is -1.34. The fourth-order valence-corrected chi connectivity index (χ4v) is 5.53. The van der Waals surface area contributed by atoms with Crippen LogP contribution in [0.5, 0.6) is 0 Å². The van der Waals surface area contributed by atoms with Crippen molar-refractivity contribution in [3.8, 4) is 11.8 Å². The zero-order valence-corrected chi connectivity index (χ0v) is 20.3. The summed E-state index contributed by atoms with van der Waals surface area (Å²) in [4.78, 5) is 8.28. The lowest BCUT2D eigenvalue weighted by Gasteiger charge is -2.37. The van der Waals surface area contributed by atoms with E-state index in [2.05, 4.69) is 24.6 Å². The average Bonchev–Trinajstić information content (AvgIpc) is 3.20. The number of aromatic nitrogens is 4.